The van der Waals surface area contributed by atoms with Crippen LogP contribution in [0.4, 0.5) is 5.69 Å². The molecule has 27 heavy (non-hydrogen) atoms. The van der Waals surface area contributed by atoms with E-state index in [0.29, 0.717) is 11.7 Å². The molecule has 0 amide bonds. The van der Waals surface area contributed by atoms with Crippen molar-refractivity contribution >= 4 is 38.9 Å². The van der Waals surface area contributed by atoms with E-state index in [0.717, 1.165) is 55.1 Å². The lowest BCUT2D eigenvalue weighted by Crippen LogP contribution is -2.44. The largest absolute Gasteiger partial charge is 0.508 e. The number of phenolic OH excluding ortho intramolecular Hbond substituents is 1. The Morgan fingerprint density at radius 2 is 1.93 bits per heavy atom. The first-order chi connectivity index (χ1) is 13.1. The zero-order chi connectivity index (χ0) is 19.1. The van der Waals surface area contributed by atoms with E-state index in [1.807, 2.05) is 42.5 Å². The minimum atomic E-state index is 0.275. The molecule has 3 rings (SSSR count). The second-order valence-electron chi connectivity index (χ2n) is 6.44. The molecule has 0 radical (unpaired) electrons. The third-order valence-corrected chi connectivity index (χ3v) is 5.36. The first kappa shape index (κ1) is 20.1. The van der Waals surface area contributed by atoms with E-state index in [9.17, 15) is 5.11 Å². The summed E-state index contributed by atoms with van der Waals surface area (Å²) in [5.74, 6) is 0.275. The minimum Gasteiger partial charge on any atom is -0.508 e. The fraction of sp³-hybridized carbons (Fsp3) is 0.350. The number of rotatable bonds is 6. The quantitative estimate of drug-likeness (QED) is 0.655. The average molecular weight is 450 g/mol. The van der Waals surface area contributed by atoms with Crippen molar-refractivity contribution in [3.05, 3.63) is 58.6 Å². The molecule has 0 spiro atoms. The molecular weight excluding hydrogens is 426 g/mol. The molecule has 0 bridgehead atoms. The highest BCUT2D eigenvalue weighted by atomic mass is 79.9. The van der Waals surface area contributed by atoms with Gasteiger partial charge in [0.05, 0.1) is 13.2 Å². The molecule has 1 heterocycles. The van der Waals surface area contributed by atoms with Crippen molar-refractivity contribution in [2.45, 2.75) is 6.54 Å². The van der Waals surface area contributed by atoms with Gasteiger partial charge in [0.15, 0.2) is 5.11 Å². The first-order valence-corrected chi connectivity index (χ1v) is 10.2. The number of nitrogens with one attached hydrogen (secondary N) is 1. The molecule has 1 aliphatic rings. The number of anilines is 1. The van der Waals surface area contributed by atoms with Crippen molar-refractivity contribution in [3.8, 4) is 5.75 Å². The Labute approximate surface area is 174 Å². The zero-order valence-corrected chi connectivity index (χ0v) is 17.5. The standard InChI is InChI=1S/C20H24BrN3O2S/c21-17-6-7-19(25)16(14-17)15-24(9-8-23-10-12-26-13-11-23)20(27)22-18-4-2-1-3-5-18/h1-7,14,25H,8-13,15H2,(H,22,27). The van der Waals surface area contributed by atoms with E-state index in [1.54, 1.807) is 6.07 Å². The lowest BCUT2D eigenvalue weighted by molar-refractivity contribution is 0.0358. The van der Waals surface area contributed by atoms with Crippen LogP contribution in [0.15, 0.2) is 53.0 Å². The predicted octanol–water partition coefficient (Wildman–Crippen LogP) is 3.69. The Kier molecular flexibility index (Phi) is 7.46. The van der Waals surface area contributed by atoms with Gasteiger partial charge in [0, 0.05) is 48.4 Å². The Morgan fingerprint density at radius 3 is 2.67 bits per heavy atom. The molecule has 0 aromatic heterocycles. The highest BCUT2D eigenvalue weighted by molar-refractivity contribution is 9.10. The number of thiocarbonyl (C=S) groups is 1. The van der Waals surface area contributed by atoms with Crippen LogP contribution < -0.4 is 5.32 Å². The molecule has 144 valence electrons. The second-order valence-corrected chi connectivity index (χ2v) is 7.75. The van der Waals surface area contributed by atoms with Gasteiger partial charge in [-0.25, -0.2) is 0 Å². The van der Waals surface area contributed by atoms with Crippen LogP contribution >= 0.6 is 28.1 Å². The predicted molar refractivity (Wildman–Crippen MR) is 116 cm³/mol. The van der Waals surface area contributed by atoms with Gasteiger partial charge < -0.3 is 20.1 Å². The summed E-state index contributed by atoms with van der Waals surface area (Å²) in [5, 5.41) is 14.2. The van der Waals surface area contributed by atoms with Gasteiger partial charge >= 0.3 is 0 Å². The topological polar surface area (TPSA) is 48.0 Å². The van der Waals surface area contributed by atoms with E-state index in [-0.39, 0.29) is 5.75 Å². The maximum absolute atomic E-state index is 10.2. The number of halogens is 1. The third-order valence-electron chi connectivity index (χ3n) is 4.50. The van der Waals surface area contributed by atoms with E-state index >= 15 is 0 Å². The monoisotopic (exact) mass is 449 g/mol. The van der Waals surface area contributed by atoms with Crippen LogP contribution in [-0.2, 0) is 11.3 Å². The van der Waals surface area contributed by atoms with Crippen LogP contribution in [0.5, 0.6) is 5.75 Å². The lowest BCUT2D eigenvalue weighted by atomic mass is 10.2. The van der Waals surface area contributed by atoms with Crippen LogP contribution in [0, 0.1) is 0 Å². The summed E-state index contributed by atoms with van der Waals surface area (Å²) in [6, 6.07) is 15.4. The molecular formula is C20H24BrN3O2S. The van der Waals surface area contributed by atoms with Gasteiger partial charge in [-0.05, 0) is 42.5 Å². The normalized spacial score (nSPS) is 14.7. The molecule has 2 N–H and O–H groups in total. The Balaban J connectivity index is 1.70. The van der Waals surface area contributed by atoms with E-state index in [2.05, 4.69) is 31.0 Å². The van der Waals surface area contributed by atoms with Crippen molar-refractivity contribution in [3.63, 3.8) is 0 Å². The van der Waals surface area contributed by atoms with Gasteiger partial charge in [0.25, 0.3) is 0 Å². The molecule has 0 unspecified atom stereocenters. The molecule has 5 nitrogen and oxygen atoms in total. The van der Waals surface area contributed by atoms with Gasteiger partial charge in [-0.15, -0.1) is 0 Å². The second kappa shape index (κ2) is 10.0. The van der Waals surface area contributed by atoms with Crippen LogP contribution in [0.3, 0.4) is 0 Å². The van der Waals surface area contributed by atoms with Crippen LogP contribution in [-0.4, -0.2) is 59.4 Å². The number of benzene rings is 2. The molecule has 2 aromatic carbocycles. The highest BCUT2D eigenvalue weighted by Gasteiger charge is 2.16. The van der Waals surface area contributed by atoms with Gasteiger partial charge in [-0.1, -0.05) is 34.1 Å². The van der Waals surface area contributed by atoms with Crippen molar-refractivity contribution in [2.75, 3.05) is 44.7 Å². The molecule has 0 aliphatic carbocycles. The zero-order valence-electron chi connectivity index (χ0n) is 15.1. The molecule has 2 aromatic rings. The molecule has 1 aliphatic heterocycles. The third kappa shape index (κ3) is 6.17. The van der Waals surface area contributed by atoms with Crippen molar-refractivity contribution in [1.82, 2.24) is 9.80 Å². The maximum Gasteiger partial charge on any atom is 0.173 e. The molecule has 0 atom stereocenters. The fourth-order valence-corrected chi connectivity index (χ4v) is 3.63. The summed E-state index contributed by atoms with van der Waals surface area (Å²) < 4.78 is 6.36. The van der Waals surface area contributed by atoms with Crippen molar-refractivity contribution in [2.24, 2.45) is 0 Å². The summed E-state index contributed by atoms with van der Waals surface area (Å²) in [5.41, 5.74) is 1.79. The van der Waals surface area contributed by atoms with E-state index in [4.69, 9.17) is 17.0 Å². The van der Waals surface area contributed by atoms with Crippen LogP contribution in [0.2, 0.25) is 0 Å². The number of phenols is 1. The highest BCUT2D eigenvalue weighted by Crippen LogP contribution is 2.23. The van der Waals surface area contributed by atoms with E-state index < -0.39 is 0 Å². The number of nitrogens with zero attached hydrogens (tertiary/aromatic N) is 2. The fourth-order valence-electron chi connectivity index (χ4n) is 2.95. The SMILES string of the molecule is Oc1ccc(Br)cc1CN(CCN1CCOCC1)C(=S)Nc1ccccc1. The lowest BCUT2D eigenvalue weighted by Gasteiger charge is -2.31. The van der Waals surface area contributed by atoms with Crippen molar-refractivity contribution < 1.29 is 9.84 Å². The van der Waals surface area contributed by atoms with Gasteiger partial charge in [0.2, 0.25) is 0 Å². The minimum absolute atomic E-state index is 0.275. The molecule has 1 fully saturated rings. The summed E-state index contributed by atoms with van der Waals surface area (Å²) in [4.78, 5) is 4.47. The Morgan fingerprint density at radius 1 is 1.19 bits per heavy atom. The number of ether oxygens (including phenoxy) is 1. The number of aromatic hydroxyl groups is 1. The Bertz CT molecular complexity index is 754. The summed E-state index contributed by atoms with van der Waals surface area (Å²) in [6.45, 7) is 5.63. The number of hydrogen-bond donors (Lipinski definition) is 2. The number of para-hydroxylation sites is 1. The summed E-state index contributed by atoms with van der Waals surface area (Å²) >= 11 is 9.16. The van der Waals surface area contributed by atoms with Crippen molar-refractivity contribution in [1.29, 1.82) is 0 Å². The van der Waals surface area contributed by atoms with Gasteiger partial charge in [-0.3, -0.25) is 4.90 Å². The van der Waals surface area contributed by atoms with Gasteiger partial charge in [0.1, 0.15) is 5.75 Å². The number of hydrogen-bond acceptors (Lipinski definition) is 4. The summed E-state index contributed by atoms with van der Waals surface area (Å²) in [7, 11) is 0. The Hall–Kier alpha value is -1.67. The molecule has 1 saturated heterocycles. The average Bonchev–Trinajstić information content (AvgIpc) is 2.69. The first-order valence-electron chi connectivity index (χ1n) is 9.00. The van der Waals surface area contributed by atoms with Crippen LogP contribution in [0.25, 0.3) is 0 Å². The maximum atomic E-state index is 10.2. The van der Waals surface area contributed by atoms with E-state index in [1.165, 1.54) is 0 Å². The molecule has 0 saturated carbocycles. The smallest absolute Gasteiger partial charge is 0.173 e. The van der Waals surface area contributed by atoms with Gasteiger partial charge in [-0.2, -0.15) is 0 Å². The molecule has 7 heteroatoms. The van der Waals surface area contributed by atoms with Crippen LogP contribution in [0.1, 0.15) is 5.56 Å². The summed E-state index contributed by atoms with van der Waals surface area (Å²) in [6.07, 6.45) is 0. The number of morpholine rings is 1.